The lowest BCUT2D eigenvalue weighted by molar-refractivity contribution is -0.161. The standard InChI is InChI=1S/C29H36F6N4O6/c1-3-43-25(44-4-2)17-39(16-19-8-6-5-7-9-19)26(41)23(15-36)38-24(40)10-11-37-27(42)45-18-20-12-21(28(30,31)32)14-22(13-20)29(33,34)35/h5-9,12-14,23,25H,3-4,10-11,15-18,36H2,1-2H3,(H,37,42)(H,38,40). The molecule has 1 atom stereocenters. The van der Waals surface area contributed by atoms with Crippen molar-refractivity contribution in [3.8, 4) is 0 Å². The van der Waals surface area contributed by atoms with Crippen molar-refractivity contribution in [1.29, 1.82) is 0 Å². The molecule has 0 aromatic heterocycles. The summed E-state index contributed by atoms with van der Waals surface area (Å²) in [5, 5.41) is 4.68. The second-order valence-electron chi connectivity index (χ2n) is 9.57. The van der Waals surface area contributed by atoms with Crippen LogP contribution in [-0.4, -0.2) is 68.0 Å². The number of nitrogens with two attached hydrogens (primary N) is 1. The lowest BCUT2D eigenvalue weighted by Crippen LogP contribution is -2.54. The van der Waals surface area contributed by atoms with Crippen LogP contribution in [0.4, 0.5) is 31.1 Å². The monoisotopic (exact) mass is 650 g/mol. The van der Waals surface area contributed by atoms with Crippen molar-refractivity contribution in [2.75, 3.05) is 32.8 Å². The highest BCUT2D eigenvalue weighted by Crippen LogP contribution is 2.36. The highest BCUT2D eigenvalue weighted by Gasteiger charge is 2.37. The van der Waals surface area contributed by atoms with Crippen molar-refractivity contribution in [1.82, 2.24) is 15.5 Å². The van der Waals surface area contributed by atoms with Gasteiger partial charge in [0.05, 0.1) is 17.7 Å². The van der Waals surface area contributed by atoms with Crippen molar-refractivity contribution in [3.63, 3.8) is 0 Å². The van der Waals surface area contributed by atoms with Crippen molar-refractivity contribution in [2.45, 2.75) is 58.1 Å². The minimum atomic E-state index is -5.05. The maximum Gasteiger partial charge on any atom is 0.416 e. The fourth-order valence-corrected chi connectivity index (χ4v) is 4.03. The van der Waals surface area contributed by atoms with Gasteiger partial charge >= 0.3 is 18.4 Å². The molecular weight excluding hydrogens is 614 g/mol. The summed E-state index contributed by atoms with van der Waals surface area (Å²) >= 11 is 0. The number of carbonyl (C=O) groups excluding carboxylic acids is 3. The zero-order valence-corrected chi connectivity index (χ0v) is 24.7. The molecule has 0 fully saturated rings. The molecule has 0 bridgehead atoms. The molecule has 0 saturated carbocycles. The Labute approximate surface area is 256 Å². The number of nitrogens with zero attached hydrogens (tertiary/aromatic N) is 1. The Bertz CT molecular complexity index is 1210. The Hall–Kier alpha value is -3.89. The van der Waals surface area contributed by atoms with Crippen molar-refractivity contribution < 1.29 is 54.9 Å². The lowest BCUT2D eigenvalue weighted by atomic mass is 10.1. The molecule has 2 rings (SSSR count). The minimum absolute atomic E-state index is 0.0429. The second kappa shape index (κ2) is 17.6. The largest absolute Gasteiger partial charge is 0.445 e. The smallest absolute Gasteiger partial charge is 0.416 e. The van der Waals surface area contributed by atoms with E-state index in [1.807, 2.05) is 18.2 Å². The zero-order chi connectivity index (χ0) is 33.6. The second-order valence-corrected chi connectivity index (χ2v) is 9.57. The summed E-state index contributed by atoms with van der Waals surface area (Å²) in [4.78, 5) is 39.4. The van der Waals surface area contributed by atoms with Crippen LogP contribution in [-0.2, 0) is 49.3 Å². The first kappa shape index (κ1) is 37.3. The molecular formula is C29H36F6N4O6. The van der Waals surface area contributed by atoms with E-state index in [1.165, 1.54) is 4.90 Å². The van der Waals surface area contributed by atoms with E-state index in [-0.39, 0.29) is 38.7 Å². The van der Waals surface area contributed by atoms with Gasteiger partial charge in [0.15, 0.2) is 6.29 Å². The van der Waals surface area contributed by atoms with Crippen molar-refractivity contribution in [3.05, 3.63) is 70.8 Å². The first-order chi connectivity index (χ1) is 21.2. The molecule has 10 nitrogen and oxygen atoms in total. The number of hydrogen-bond donors (Lipinski definition) is 3. The van der Waals surface area contributed by atoms with Gasteiger partial charge in [-0.05, 0) is 43.2 Å². The third-order valence-corrected chi connectivity index (χ3v) is 6.11. The maximum absolute atomic E-state index is 13.4. The van der Waals surface area contributed by atoms with E-state index in [2.05, 4.69) is 10.6 Å². The summed E-state index contributed by atoms with van der Waals surface area (Å²) in [6.45, 7) is 2.97. The SMILES string of the molecule is CCOC(CN(Cc1ccccc1)C(=O)C(CN)NC(=O)CCNC(=O)OCc1cc(C(F)(F)F)cc(C(F)(F)F)c1)OCC. The Kier molecular flexibility index (Phi) is 14.6. The van der Waals surface area contributed by atoms with E-state index in [0.717, 1.165) is 5.56 Å². The number of halogens is 6. The van der Waals surface area contributed by atoms with Gasteiger partial charge in [-0.15, -0.1) is 0 Å². The van der Waals surface area contributed by atoms with Gasteiger partial charge in [0, 0.05) is 39.3 Å². The van der Waals surface area contributed by atoms with Crippen LogP contribution in [0.25, 0.3) is 0 Å². The summed E-state index contributed by atoms with van der Waals surface area (Å²) in [6.07, 6.45) is -12.4. The number of rotatable bonds is 16. The molecule has 0 heterocycles. The van der Waals surface area contributed by atoms with Crippen LogP contribution in [0.3, 0.4) is 0 Å². The molecule has 2 aromatic rings. The van der Waals surface area contributed by atoms with Crippen molar-refractivity contribution >= 4 is 17.9 Å². The fraction of sp³-hybridized carbons (Fsp3) is 0.483. The van der Waals surface area contributed by atoms with Gasteiger partial charge in [0.2, 0.25) is 11.8 Å². The van der Waals surface area contributed by atoms with Gasteiger partial charge in [-0.3, -0.25) is 9.59 Å². The molecule has 0 radical (unpaired) electrons. The van der Waals surface area contributed by atoms with Crippen LogP contribution in [0.2, 0.25) is 0 Å². The third-order valence-electron chi connectivity index (χ3n) is 6.11. The Balaban J connectivity index is 1.96. The third kappa shape index (κ3) is 12.9. The quantitative estimate of drug-likeness (QED) is 0.183. The van der Waals surface area contributed by atoms with E-state index in [4.69, 9.17) is 19.9 Å². The number of ether oxygens (including phenoxy) is 3. The van der Waals surface area contributed by atoms with Gasteiger partial charge < -0.3 is 35.5 Å². The average molecular weight is 651 g/mol. The highest BCUT2D eigenvalue weighted by molar-refractivity contribution is 5.88. The van der Waals surface area contributed by atoms with Gasteiger partial charge in [-0.1, -0.05) is 30.3 Å². The van der Waals surface area contributed by atoms with Crippen LogP contribution >= 0.6 is 0 Å². The number of hydrogen-bond acceptors (Lipinski definition) is 7. The molecule has 4 N–H and O–H groups in total. The number of alkyl halides is 6. The fourth-order valence-electron chi connectivity index (χ4n) is 4.03. The Morgan fingerprint density at radius 2 is 1.47 bits per heavy atom. The van der Waals surface area contributed by atoms with E-state index < -0.39 is 65.9 Å². The van der Waals surface area contributed by atoms with E-state index in [9.17, 15) is 40.7 Å². The molecule has 0 spiro atoms. The predicted octanol–water partition coefficient (Wildman–Crippen LogP) is 4.21. The molecule has 0 aliphatic carbocycles. The lowest BCUT2D eigenvalue weighted by Gasteiger charge is -2.30. The maximum atomic E-state index is 13.4. The average Bonchev–Trinajstić information content (AvgIpc) is 2.98. The van der Waals surface area contributed by atoms with E-state index >= 15 is 0 Å². The molecule has 1 unspecified atom stereocenters. The number of benzene rings is 2. The summed E-state index contributed by atoms with van der Waals surface area (Å²) in [6, 6.07) is 8.76. The first-order valence-corrected chi connectivity index (χ1v) is 13.9. The summed E-state index contributed by atoms with van der Waals surface area (Å²) < 4.78 is 94.1. The highest BCUT2D eigenvalue weighted by atomic mass is 19.4. The van der Waals surface area contributed by atoms with Crippen LogP contribution in [0, 0.1) is 0 Å². The Morgan fingerprint density at radius 3 is 1.98 bits per heavy atom. The number of nitrogens with one attached hydrogen (secondary N) is 2. The van der Waals surface area contributed by atoms with E-state index in [0.29, 0.717) is 25.3 Å². The molecule has 45 heavy (non-hydrogen) atoms. The molecule has 250 valence electrons. The molecule has 0 saturated heterocycles. The summed E-state index contributed by atoms with van der Waals surface area (Å²) in [5.41, 5.74) is 2.96. The number of amides is 3. The predicted molar refractivity (Wildman–Crippen MR) is 149 cm³/mol. The van der Waals surface area contributed by atoms with Crippen LogP contribution < -0.4 is 16.4 Å². The Morgan fingerprint density at radius 1 is 0.889 bits per heavy atom. The zero-order valence-electron chi connectivity index (χ0n) is 24.7. The summed E-state index contributed by atoms with van der Waals surface area (Å²) in [5.74, 6) is -1.18. The molecule has 16 heteroatoms. The van der Waals surface area contributed by atoms with Crippen LogP contribution in [0.1, 0.15) is 42.5 Å². The first-order valence-electron chi connectivity index (χ1n) is 13.9. The minimum Gasteiger partial charge on any atom is -0.445 e. The van der Waals surface area contributed by atoms with Crippen LogP contribution in [0.5, 0.6) is 0 Å². The normalized spacial score (nSPS) is 12.5. The van der Waals surface area contributed by atoms with Gasteiger partial charge in [-0.2, -0.15) is 26.3 Å². The molecule has 0 aliphatic heterocycles. The van der Waals surface area contributed by atoms with Crippen LogP contribution in [0.15, 0.2) is 48.5 Å². The van der Waals surface area contributed by atoms with E-state index in [1.54, 1.807) is 26.0 Å². The topological polar surface area (TPSA) is 132 Å². The molecule has 3 amide bonds. The summed E-state index contributed by atoms with van der Waals surface area (Å²) in [7, 11) is 0. The number of carbonyl (C=O) groups is 3. The van der Waals surface area contributed by atoms with Gasteiger partial charge in [0.25, 0.3) is 0 Å². The number of alkyl carbamates (subject to hydrolysis) is 1. The molecule has 0 aliphatic rings. The van der Waals surface area contributed by atoms with Crippen molar-refractivity contribution in [2.24, 2.45) is 5.73 Å². The van der Waals surface area contributed by atoms with Gasteiger partial charge in [0.1, 0.15) is 12.6 Å². The van der Waals surface area contributed by atoms with Gasteiger partial charge in [-0.25, -0.2) is 4.79 Å². The molecule has 2 aromatic carbocycles.